The van der Waals surface area contributed by atoms with Gasteiger partial charge in [0.2, 0.25) is 0 Å². The average Bonchev–Trinajstić information content (AvgIpc) is 2.31. The summed E-state index contributed by atoms with van der Waals surface area (Å²) in [5.74, 6) is 2.96. The number of nitrogens with one attached hydrogen (secondary N) is 1. The Bertz CT molecular complexity index is 471. The predicted molar refractivity (Wildman–Crippen MR) is 80.1 cm³/mol. The molecule has 0 saturated heterocycles. The van der Waals surface area contributed by atoms with Gasteiger partial charge in [-0.25, -0.2) is 0 Å². The summed E-state index contributed by atoms with van der Waals surface area (Å²) in [6, 6.07) is 6.45. The number of hydrogen-bond donors (Lipinski definition) is 2. The Morgan fingerprint density at radius 1 is 1.05 bits per heavy atom. The lowest BCUT2D eigenvalue weighted by Gasteiger charge is -2.57. The number of nitrogen functional groups attached to an aromatic ring is 1. The highest BCUT2D eigenvalue weighted by Crippen LogP contribution is 2.56. The summed E-state index contributed by atoms with van der Waals surface area (Å²) in [5.41, 5.74) is 9.75. The van der Waals surface area contributed by atoms with Crippen molar-refractivity contribution in [2.24, 2.45) is 17.8 Å². The van der Waals surface area contributed by atoms with Crippen LogP contribution in [0.5, 0.6) is 0 Å². The van der Waals surface area contributed by atoms with E-state index < -0.39 is 0 Å². The molecule has 4 bridgehead atoms. The molecule has 2 heteroatoms. The molecule has 4 saturated carbocycles. The van der Waals surface area contributed by atoms with Gasteiger partial charge in [-0.1, -0.05) is 6.07 Å². The SMILES string of the molecule is Cc1ccc(NC23CC4CC(CC(C4)C2)C3)cc1N. The quantitative estimate of drug-likeness (QED) is 0.786. The topological polar surface area (TPSA) is 38.0 Å². The first-order chi connectivity index (χ1) is 9.12. The fourth-order valence-electron chi connectivity index (χ4n) is 5.29. The molecule has 4 aliphatic carbocycles. The second-order valence-electron chi connectivity index (χ2n) is 7.39. The summed E-state index contributed by atoms with van der Waals surface area (Å²) in [6.45, 7) is 2.07. The molecule has 1 aromatic rings. The van der Waals surface area contributed by atoms with Crippen LogP contribution < -0.4 is 11.1 Å². The van der Waals surface area contributed by atoms with Crippen molar-refractivity contribution in [1.29, 1.82) is 0 Å². The zero-order valence-corrected chi connectivity index (χ0v) is 11.8. The van der Waals surface area contributed by atoms with Crippen LogP contribution in [0.4, 0.5) is 11.4 Å². The minimum absolute atomic E-state index is 0.385. The molecular formula is C17H24N2. The molecule has 102 valence electrons. The van der Waals surface area contributed by atoms with Crippen molar-refractivity contribution < 1.29 is 0 Å². The summed E-state index contributed by atoms with van der Waals surface area (Å²) in [5, 5.41) is 3.87. The third-order valence-electron chi connectivity index (χ3n) is 5.73. The fraction of sp³-hybridized carbons (Fsp3) is 0.647. The normalized spacial score (nSPS) is 39.5. The van der Waals surface area contributed by atoms with Crippen LogP contribution in [-0.4, -0.2) is 5.54 Å². The number of hydrogen-bond acceptors (Lipinski definition) is 2. The predicted octanol–water partition coefficient (Wildman–Crippen LogP) is 3.96. The van der Waals surface area contributed by atoms with Gasteiger partial charge in [-0.15, -0.1) is 0 Å². The van der Waals surface area contributed by atoms with Crippen LogP contribution in [0.3, 0.4) is 0 Å². The first-order valence-electron chi connectivity index (χ1n) is 7.76. The van der Waals surface area contributed by atoms with Crippen molar-refractivity contribution in [3.05, 3.63) is 23.8 Å². The highest BCUT2D eigenvalue weighted by Gasteiger charge is 2.50. The van der Waals surface area contributed by atoms with Gasteiger partial charge in [0.25, 0.3) is 0 Å². The van der Waals surface area contributed by atoms with Gasteiger partial charge in [-0.2, -0.15) is 0 Å². The summed E-state index contributed by atoms with van der Waals surface area (Å²) < 4.78 is 0. The van der Waals surface area contributed by atoms with E-state index in [9.17, 15) is 0 Å². The lowest BCUT2D eigenvalue weighted by Crippen LogP contribution is -2.54. The second-order valence-corrected chi connectivity index (χ2v) is 7.39. The molecule has 2 nitrogen and oxygen atoms in total. The van der Waals surface area contributed by atoms with Crippen molar-refractivity contribution in [3.63, 3.8) is 0 Å². The third-order valence-corrected chi connectivity index (χ3v) is 5.73. The Morgan fingerprint density at radius 3 is 2.16 bits per heavy atom. The number of rotatable bonds is 2. The van der Waals surface area contributed by atoms with Crippen molar-refractivity contribution >= 4 is 11.4 Å². The van der Waals surface area contributed by atoms with E-state index in [0.29, 0.717) is 5.54 Å². The molecule has 0 atom stereocenters. The molecule has 0 heterocycles. The van der Waals surface area contributed by atoms with E-state index in [0.717, 1.165) is 23.4 Å². The van der Waals surface area contributed by atoms with Crippen molar-refractivity contribution in [3.8, 4) is 0 Å². The van der Waals surface area contributed by atoms with Gasteiger partial charge in [0, 0.05) is 16.9 Å². The molecule has 4 fully saturated rings. The maximum atomic E-state index is 6.05. The molecule has 5 rings (SSSR count). The van der Waals surface area contributed by atoms with Gasteiger partial charge in [0.1, 0.15) is 0 Å². The fourth-order valence-corrected chi connectivity index (χ4v) is 5.29. The Morgan fingerprint density at radius 2 is 1.63 bits per heavy atom. The van der Waals surface area contributed by atoms with Crippen molar-refractivity contribution in [1.82, 2.24) is 0 Å². The third kappa shape index (κ3) is 1.92. The lowest BCUT2D eigenvalue weighted by molar-refractivity contribution is 0.0107. The number of benzene rings is 1. The maximum Gasteiger partial charge on any atom is 0.0381 e. The maximum absolute atomic E-state index is 6.05. The van der Waals surface area contributed by atoms with Crippen LogP contribution in [0.25, 0.3) is 0 Å². The summed E-state index contributed by atoms with van der Waals surface area (Å²) in [6.07, 6.45) is 8.64. The summed E-state index contributed by atoms with van der Waals surface area (Å²) in [4.78, 5) is 0. The van der Waals surface area contributed by atoms with Crippen LogP contribution in [0.1, 0.15) is 44.1 Å². The minimum Gasteiger partial charge on any atom is -0.398 e. The van der Waals surface area contributed by atoms with Crippen molar-refractivity contribution in [2.75, 3.05) is 11.1 Å². The average molecular weight is 256 g/mol. The van der Waals surface area contributed by atoms with Gasteiger partial charge < -0.3 is 11.1 Å². The molecular weight excluding hydrogens is 232 g/mol. The Balaban J connectivity index is 1.60. The second kappa shape index (κ2) is 3.91. The molecule has 3 N–H and O–H groups in total. The van der Waals surface area contributed by atoms with E-state index in [2.05, 4.69) is 30.4 Å². The lowest BCUT2D eigenvalue weighted by atomic mass is 9.53. The number of nitrogens with two attached hydrogens (primary N) is 1. The molecule has 0 aromatic heterocycles. The highest BCUT2D eigenvalue weighted by molar-refractivity contribution is 5.59. The molecule has 0 radical (unpaired) electrons. The van der Waals surface area contributed by atoms with E-state index in [-0.39, 0.29) is 0 Å². The van der Waals surface area contributed by atoms with Crippen LogP contribution in [-0.2, 0) is 0 Å². The molecule has 1 aromatic carbocycles. The Kier molecular flexibility index (Phi) is 2.39. The van der Waals surface area contributed by atoms with Crippen molar-refractivity contribution in [2.45, 2.75) is 51.0 Å². The monoisotopic (exact) mass is 256 g/mol. The molecule has 0 aliphatic heterocycles. The van der Waals surface area contributed by atoms with Crippen LogP contribution >= 0.6 is 0 Å². The van der Waals surface area contributed by atoms with Crippen LogP contribution in [0.2, 0.25) is 0 Å². The molecule has 0 unspecified atom stereocenters. The van der Waals surface area contributed by atoms with Gasteiger partial charge in [-0.05, 0) is 80.9 Å². The van der Waals surface area contributed by atoms with Gasteiger partial charge in [-0.3, -0.25) is 0 Å². The van der Waals surface area contributed by atoms with E-state index in [1.807, 2.05) is 0 Å². The molecule has 19 heavy (non-hydrogen) atoms. The summed E-state index contributed by atoms with van der Waals surface area (Å²) in [7, 11) is 0. The molecule has 4 aliphatic rings. The highest BCUT2D eigenvalue weighted by atomic mass is 15.0. The molecule has 0 spiro atoms. The van der Waals surface area contributed by atoms with Gasteiger partial charge in [0.05, 0.1) is 0 Å². The Hall–Kier alpha value is -1.18. The zero-order valence-electron chi connectivity index (χ0n) is 11.8. The van der Waals surface area contributed by atoms with Gasteiger partial charge >= 0.3 is 0 Å². The number of anilines is 2. The van der Waals surface area contributed by atoms with Gasteiger partial charge in [0.15, 0.2) is 0 Å². The van der Waals surface area contributed by atoms with Crippen LogP contribution in [0, 0.1) is 24.7 Å². The standard InChI is InChI=1S/C17H24N2/c1-11-2-3-15(7-16(11)18)19-17-8-12-4-13(9-17)6-14(5-12)10-17/h2-3,7,12-14,19H,4-6,8-10,18H2,1H3. The largest absolute Gasteiger partial charge is 0.398 e. The summed E-state index contributed by atoms with van der Waals surface area (Å²) >= 11 is 0. The van der Waals surface area contributed by atoms with E-state index in [1.165, 1.54) is 49.8 Å². The van der Waals surface area contributed by atoms with E-state index in [1.54, 1.807) is 0 Å². The first-order valence-corrected chi connectivity index (χ1v) is 7.76. The Labute approximate surface area is 115 Å². The van der Waals surface area contributed by atoms with Crippen LogP contribution in [0.15, 0.2) is 18.2 Å². The number of aryl methyl sites for hydroxylation is 1. The zero-order chi connectivity index (χ0) is 13.0. The first kappa shape index (κ1) is 11.6. The molecule has 0 amide bonds. The smallest absolute Gasteiger partial charge is 0.0381 e. The van der Waals surface area contributed by atoms with E-state index in [4.69, 9.17) is 5.73 Å². The van der Waals surface area contributed by atoms with E-state index >= 15 is 0 Å². The minimum atomic E-state index is 0.385.